The maximum absolute atomic E-state index is 13.1. The SMILES string of the molecule is CCc1cccc(C)c1NC(=O)c1cccc2c1C(=O)N(Cc1cccnc1)C2. The van der Waals surface area contributed by atoms with Crippen LogP contribution in [0.1, 0.15) is 49.9 Å². The first kappa shape index (κ1) is 18.9. The van der Waals surface area contributed by atoms with Gasteiger partial charge in [0.2, 0.25) is 0 Å². The molecule has 0 fully saturated rings. The number of carbonyl (C=O) groups is 2. The summed E-state index contributed by atoms with van der Waals surface area (Å²) < 4.78 is 0. The molecule has 146 valence electrons. The summed E-state index contributed by atoms with van der Waals surface area (Å²) in [5, 5.41) is 3.04. The van der Waals surface area contributed by atoms with Gasteiger partial charge in [0.15, 0.2) is 0 Å². The number of benzene rings is 2. The summed E-state index contributed by atoms with van der Waals surface area (Å²) >= 11 is 0. The van der Waals surface area contributed by atoms with Crippen LogP contribution in [0.15, 0.2) is 60.9 Å². The fourth-order valence-corrected chi connectivity index (χ4v) is 3.83. The van der Waals surface area contributed by atoms with Crippen molar-refractivity contribution in [3.05, 3.63) is 94.3 Å². The molecule has 1 aromatic heterocycles. The van der Waals surface area contributed by atoms with E-state index in [2.05, 4.69) is 17.2 Å². The topological polar surface area (TPSA) is 62.3 Å². The minimum absolute atomic E-state index is 0.116. The number of carbonyl (C=O) groups excluding carboxylic acids is 2. The monoisotopic (exact) mass is 385 g/mol. The van der Waals surface area contributed by atoms with Crippen molar-refractivity contribution in [3.63, 3.8) is 0 Å². The second-order valence-electron chi connectivity index (χ2n) is 7.28. The number of pyridine rings is 1. The highest BCUT2D eigenvalue weighted by molar-refractivity contribution is 6.14. The second-order valence-corrected chi connectivity index (χ2v) is 7.28. The predicted molar refractivity (Wildman–Crippen MR) is 113 cm³/mol. The molecule has 0 atom stereocenters. The van der Waals surface area contributed by atoms with E-state index >= 15 is 0 Å². The smallest absolute Gasteiger partial charge is 0.256 e. The Bertz CT molecular complexity index is 1080. The van der Waals surface area contributed by atoms with E-state index in [0.29, 0.717) is 24.2 Å². The van der Waals surface area contributed by atoms with Crippen LogP contribution in [0.3, 0.4) is 0 Å². The molecule has 29 heavy (non-hydrogen) atoms. The molecular formula is C24H23N3O2. The fourth-order valence-electron chi connectivity index (χ4n) is 3.83. The van der Waals surface area contributed by atoms with Crippen LogP contribution < -0.4 is 5.32 Å². The molecule has 0 radical (unpaired) electrons. The summed E-state index contributed by atoms with van der Waals surface area (Å²) in [6, 6.07) is 15.3. The van der Waals surface area contributed by atoms with Crippen molar-refractivity contribution in [1.29, 1.82) is 0 Å². The standard InChI is InChI=1S/C24H23N3O2/c1-3-18-9-4-7-16(2)22(18)26-23(28)20-11-5-10-19-15-27(24(29)21(19)20)14-17-8-6-12-25-13-17/h4-13H,3,14-15H2,1-2H3,(H,26,28). The van der Waals surface area contributed by atoms with Gasteiger partial charge < -0.3 is 10.2 Å². The van der Waals surface area contributed by atoms with Crippen LogP contribution in [0.2, 0.25) is 0 Å². The molecule has 0 saturated heterocycles. The van der Waals surface area contributed by atoms with Crippen molar-refractivity contribution in [1.82, 2.24) is 9.88 Å². The van der Waals surface area contributed by atoms with Gasteiger partial charge in [-0.05, 0) is 47.7 Å². The number of amides is 2. The molecule has 3 aromatic rings. The Labute approximate surface area is 170 Å². The molecule has 0 saturated carbocycles. The first-order chi connectivity index (χ1) is 14.1. The number of hydrogen-bond donors (Lipinski definition) is 1. The molecule has 5 nitrogen and oxygen atoms in total. The zero-order valence-corrected chi connectivity index (χ0v) is 16.6. The van der Waals surface area contributed by atoms with Gasteiger partial charge in [0.1, 0.15) is 0 Å². The van der Waals surface area contributed by atoms with Gasteiger partial charge in [0.25, 0.3) is 11.8 Å². The third-order valence-corrected chi connectivity index (χ3v) is 5.33. The molecule has 0 aliphatic carbocycles. The lowest BCUT2D eigenvalue weighted by atomic mass is 10.0. The molecule has 1 N–H and O–H groups in total. The fraction of sp³-hybridized carbons (Fsp3) is 0.208. The van der Waals surface area contributed by atoms with Gasteiger partial charge in [0, 0.05) is 31.2 Å². The number of fused-ring (bicyclic) bond motifs is 1. The minimum atomic E-state index is -0.248. The van der Waals surface area contributed by atoms with Gasteiger partial charge in [-0.2, -0.15) is 0 Å². The van der Waals surface area contributed by atoms with Crippen molar-refractivity contribution in [2.45, 2.75) is 33.4 Å². The Balaban J connectivity index is 1.62. The summed E-state index contributed by atoms with van der Waals surface area (Å²) in [5.41, 5.74) is 5.69. The van der Waals surface area contributed by atoms with Crippen LogP contribution in [0.5, 0.6) is 0 Å². The largest absolute Gasteiger partial charge is 0.330 e. The van der Waals surface area contributed by atoms with Crippen LogP contribution in [0.25, 0.3) is 0 Å². The quantitative estimate of drug-likeness (QED) is 0.710. The zero-order chi connectivity index (χ0) is 20.4. The van der Waals surface area contributed by atoms with Gasteiger partial charge in [-0.1, -0.05) is 43.3 Å². The number of anilines is 1. The maximum atomic E-state index is 13.1. The summed E-state index contributed by atoms with van der Waals surface area (Å²) in [6.45, 7) is 5.00. The number of rotatable bonds is 5. The molecule has 0 unspecified atom stereocenters. The average molecular weight is 385 g/mol. The summed E-state index contributed by atoms with van der Waals surface area (Å²) in [5.74, 6) is -0.363. The molecule has 2 aromatic carbocycles. The van der Waals surface area contributed by atoms with E-state index in [1.165, 1.54) is 0 Å². The molecule has 4 rings (SSSR count). The highest BCUT2D eigenvalue weighted by atomic mass is 16.2. The zero-order valence-electron chi connectivity index (χ0n) is 16.6. The number of aromatic nitrogens is 1. The highest BCUT2D eigenvalue weighted by Gasteiger charge is 2.32. The highest BCUT2D eigenvalue weighted by Crippen LogP contribution is 2.29. The lowest BCUT2D eigenvalue weighted by molar-refractivity contribution is 0.0763. The van der Waals surface area contributed by atoms with Gasteiger partial charge in [-0.3, -0.25) is 14.6 Å². The van der Waals surface area contributed by atoms with E-state index in [1.807, 2.05) is 49.4 Å². The van der Waals surface area contributed by atoms with E-state index in [0.717, 1.165) is 34.4 Å². The van der Waals surface area contributed by atoms with Crippen molar-refractivity contribution >= 4 is 17.5 Å². The Morgan fingerprint density at radius 3 is 2.72 bits per heavy atom. The van der Waals surface area contributed by atoms with Gasteiger partial charge in [0.05, 0.1) is 11.1 Å². The Morgan fingerprint density at radius 1 is 1.14 bits per heavy atom. The lowest BCUT2D eigenvalue weighted by Gasteiger charge is -2.16. The number of nitrogens with one attached hydrogen (secondary N) is 1. The predicted octanol–water partition coefficient (Wildman–Crippen LogP) is 4.36. The number of aryl methyl sites for hydroxylation is 2. The van der Waals surface area contributed by atoms with Gasteiger partial charge in [-0.25, -0.2) is 0 Å². The third kappa shape index (κ3) is 3.63. The van der Waals surface area contributed by atoms with Crippen LogP contribution in [0, 0.1) is 6.92 Å². The molecule has 1 aliphatic heterocycles. The summed E-state index contributed by atoms with van der Waals surface area (Å²) in [4.78, 5) is 32.1. The second kappa shape index (κ2) is 7.87. The molecule has 0 bridgehead atoms. The van der Waals surface area contributed by atoms with E-state index in [4.69, 9.17) is 0 Å². The maximum Gasteiger partial charge on any atom is 0.256 e. The molecule has 2 heterocycles. The molecular weight excluding hydrogens is 362 g/mol. The van der Waals surface area contributed by atoms with Crippen LogP contribution in [-0.4, -0.2) is 21.7 Å². The first-order valence-electron chi connectivity index (χ1n) is 9.78. The number of nitrogens with zero attached hydrogens (tertiary/aromatic N) is 2. The molecule has 0 spiro atoms. The molecule has 2 amide bonds. The third-order valence-electron chi connectivity index (χ3n) is 5.33. The summed E-state index contributed by atoms with van der Waals surface area (Å²) in [6.07, 6.45) is 4.29. The Morgan fingerprint density at radius 2 is 1.97 bits per heavy atom. The van der Waals surface area contributed by atoms with Gasteiger partial charge in [-0.15, -0.1) is 0 Å². The minimum Gasteiger partial charge on any atom is -0.330 e. The van der Waals surface area contributed by atoms with Crippen LogP contribution in [0.4, 0.5) is 5.69 Å². The molecule has 5 heteroatoms. The van der Waals surface area contributed by atoms with E-state index in [1.54, 1.807) is 23.4 Å². The van der Waals surface area contributed by atoms with Gasteiger partial charge >= 0.3 is 0 Å². The number of hydrogen-bond acceptors (Lipinski definition) is 3. The Kier molecular flexibility index (Phi) is 5.12. The van der Waals surface area contributed by atoms with E-state index in [-0.39, 0.29) is 11.8 Å². The van der Waals surface area contributed by atoms with Crippen molar-refractivity contribution in [3.8, 4) is 0 Å². The molecule has 1 aliphatic rings. The van der Waals surface area contributed by atoms with E-state index < -0.39 is 0 Å². The normalized spacial score (nSPS) is 12.8. The van der Waals surface area contributed by atoms with E-state index in [9.17, 15) is 9.59 Å². The average Bonchev–Trinajstić information content (AvgIpc) is 3.05. The van der Waals surface area contributed by atoms with Crippen LogP contribution in [-0.2, 0) is 19.5 Å². The van der Waals surface area contributed by atoms with Crippen molar-refractivity contribution in [2.24, 2.45) is 0 Å². The first-order valence-corrected chi connectivity index (χ1v) is 9.78. The number of para-hydroxylation sites is 1. The summed E-state index contributed by atoms with van der Waals surface area (Å²) in [7, 11) is 0. The lowest BCUT2D eigenvalue weighted by Crippen LogP contribution is -2.25. The van der Waals surface area contributed by atoms with Crippen LogP contribution >= 0.6 is 0 Å². The Hall–Kier alpha value is -3.47. The van der Waals surface area contributed by atoms with Crippen molar-refractivity contribution < 1.29 is 9.59 Å². The van der Waals surface area contributed by atoms with Crippen molar-refractivity contribution in [2.75, 3.05) is 5.32 Å².